The van der Waals surface area contributed by atoms with E-state index in [9.17, 15) is 5.02 Å². The molecule has 3 aromatic rings. The van der Waals surface area contributed by atoms with Crippen molar-refractivity contribution in [2.75, 3.05) is 12.1 Å². The average molecular weight is 341 g/mol. The lowest BCUT2D eigenvalue weighted by Gasteiger charge is -2.19. The molecule has 0 unspecified atom stereocenters. The molecule has 2 N–H and O–H groups in total. The van der Waals surface area contributed by atoms with E-state index < -0.39 is 7.12 Å². The summed E-state index contributed by atoms with van der Waals surface area (Å²) < 4.78 is 6.44. The molecule has 124 valence electrons. The van der Waals surface area contributed by atoms with Gasteiger partial charge in [0, 0.05) is 17.4 Å². The molecule has 0 bridgehead atoms. The van der Waals surface area contributed by atoms with Gasteiger partial charge in [0.15, 0.2) is 0 Å². The summed E-state index contributed by atoms with van der Waals surface area (Å²) in [6.07, 6.45) is 0.823. The topological polar surface area (TPSA) is 50.7 Å². The number of hydrogen-bond donors (Lipinski definition) is 2. The second-order valence-electron chi connectivity index (χ2n) is 5.19. The van der Waals surface area contributed by atoms with Crippen LogP contribution in [0.1, 0.15) is 19.4 Å². The first-order valence-electron chi connectivity index (χ1n) is 8.13. The number of rotatable bonds is 3. The van der Waals surface area contributed by atoms with Crippen LogP contribution in [0.15, 0.2) is 48.5 Å². The van der Waals surface area contributed by atoms with Crippen LogP contribution in [0, 0.1) is 0 Å². The molecule has 1 aromatic heterocycles. The summed E-state index contributed by atoms with van der Waals surface area (Å²) in [5, 5.41) is 11.8. The average Bonchev–Trinajstić information content (AvgIpc) is 3.05. The van der Waals surface area contributed by atoms with Crippen LogP contribution in [-0.2, 0) is 11.1 Å². The van der Waals surface area contributed by atoms with Crippen molar-refractivity contribution < 1.29 is 14.5 Å². The minimum atomic E-state index is -0.852. The van der Waals surface area contributed by atoms with E-state index in [0.717, 1.165) is 28.2 Å². The zero-order valence-corrected chi connectivity index (χ0v) is 14.6. The van der Waals surface area contributed by atoms with E-state index in [2.05, 4.69) is 17.6 Å². The zero-order valence-electron chi connectivity index (χ0n) is 13.8. The first-order chi connectivity index (χ1) is 11.8. The standard InChI is InChI=1S/C16H14BNO3S.C2H6/c19-17-14-10-13(6-5-11(14)7-8-20-17)18-21-16-9-12-3-1-2-4-15(12)22-16;1-2/h1-6,9-10,18-19H,7-8H2;1-2H3. The lowest BCUT2D eigenvalue weighted by atomic mass is 9.73. The van der Waals surface area contributed by atoms with E-state index in [4.69, 9.17) is 9.49 Å². The fraction of sp³-hybridized carbons (Fsp3) is 0.222. The van der Waals surface area contributed by atoms with Gasteiger partial charge in [0.25, 0.3) is 0 Å². The number of fused-ring (bicyclic) bond motifs is 2. The van der Waals surface area contributed by atoms with Crippen molar-refractivity contribution in [3.63, 3.8) is 0 Å². The molecule has 0 amide bonds. The van der Waals surface area contributed by atoms with Gasteiger partial charge in [-0.05, 0) is 41.0 Å². The number of thiophene rings is 1. The van der Waals surface area contributed by atoms with Crippen LogP contribution >= 0.6 is 11.3 Å². The van der Waals surface area contributed by atoms with Crippen molar-refractivity contribution in [1.82, 2.24) is 0 Å². The maximum atomic E-state index is 9.88. The van der Waals surface area contributed by atoms with Crippen molar-refractivity contribution in [3.8, 4) is 5.06 Å². The zero-order chi connectivity index (χ0) is 16.9. The molecule has 4 rings (SSSR count). The smallest absolute Gasteiger partial charge is 0.423 e. The Kier molecular flexibility index (Phi) is 5.40. The van der Waals surface area contributed by atoms with Crippen LogP contribution in [0.25, 0.3) is 10.1 Å². The molecule has 1 aliphatic heterocycles. The molecule has 0 aliphatic carbocycles. The van der Waals surface area contributed by atoms with Gasteiger partial charge in [-0.15, -0.1) is 0 Å². The first kappa shape index (κ1) is 16.8. The number of anilines is 1. The van der Waals surface area contributed by atoms with E-state index >= 15 is 0 Å². The molecular weight excluding hydrogens is 321 g/mol. The molecule has 24 heavy (non-hydrogen) atoms. The molecule has 0 saturated heterocycles. The summed E-state index contributed by atoms with van der Waals surface area (Å²) in [5.74, 6) is 0. The Morgan fingerprint density at radius 3 is 2.83 bits per heavy atom. The van der Waals surface area contributed by atoms with Gasteiger partial charge in [-0.25, -0.2) is 5.48 Å². The Morgan fingerprint density at radius 2 is 2.00 bits per heavy atom. The van der Waals surface area contributed by atoms with Crippen LogP contribution in [0.2, 0.25) is 0 Å². The Hall–Kier alpha value is -2.02. The largest absolute Gasteiger partial charge is 0.491 e. The van der Waals surface area contributed by atoms with E-state index in [-0.39, 0.29) is 0 Å². The molecule has 2 aromatic carbocycles. The Morgan fingerprint density at radius 1 is 1.17 bits per heavy atom. The Balaban J connectivity index is 0.000000815. The third kappa shape index (κ3) is 3.56. The van der Waals surface area contributed by atoms with E-state index in [1.54, 1.807) is 11.3 Å². The number of benzene rings is 2. The van der Waals surface area contributed by atoms with Crippen LogP contribution in [0.4, 0.5) is 5.69 Å². The highest BCUT2D eigenvalue weighted by Gasteiger charge is 2.24. The van der Waals surface area contributed by atoms with Gasteiger partial charge in [-0.2, -0.15) is 0 Å². The van der Waals surface area contributed by atoms with Crippen molar-refractivity contribution in [2.45, 2.75) is 20.3 Å². The number of hydrogen-bond acceptors (Lipinski definition) is 5. The van der Waals surface area contributed by atoms with Gasteiger partial charge < -0.3 is 14.5 Å². The van der Waals surface area contributed by atoms with Gasteiger partial charge in [0.2, 0.25) is 5.06 Å². The molecule has 4 nitrogen and oxygen atoms in total. The highest BCUT2D eigenvalue weighted by atomic mass is 32.1. The molecule has 0 radical (unpaired) electrons. The molecule has 0 spiro atoms. The predicted molar refractivity (Wildman–Crippen MR) is 101 cm³/mol. The van der Waals surface area contributed by atoms with Crippen molar-refractivity contribution in [1.29, 1.82) is 0 Å². The summed E-state index contributed by atoms with van der Waals surface area (Å²) in [6.45, 7) is 4.55. The first-order valence-corrected chi connectivity index (χ1v) is 8.95. The maximum absolute atomic E-state index is 9.88. The van der Waals surface area contributed by atoms with Gasteiger partial charge in [-0.1, -0.05) is 49.4 Å². The van der Waals surface area contributed by atoms with E-state index in [1.165, 1.54) is 10.1 Å². The second-order valence-corrected chi connectivity index (χ2v) is 6.24. The van der Waals surface area contributed by atoms with E-state index in [1.807, 2.05) is 50.2 Å². The predicted octanol–water partition coefficient (Wildman–Crippen LogP) is 3.59. The highest BCUT2D eigenvalue weighted by Crippen LogP contribution is 2.31. The molecule has 0 atom stereocenters. The van der Waals surface area contributed by atoms with Crippen molar-refractivity contribution >= 4 is 39.7 Å². The molecule has 0 fully saturated rings. The quantitative estimate of drug-likeness (QED) is 0.565. The third-order valence-corrected chi connectivity index (χ3v) is 4.73. The van der Waals surface area contributed by atoms with Crippen LogP contribution in [0.5, 0.6) is 5.06 Å². The second kappa shape index (κ2) is 7.70. The fourth-order valence-electron chi connectivity index (χ4n) is 2.60. The summed E-state index contributed by atoms with van der Waals surface area (Å²) in [7, 11) is -0.852. The highest BCUT2D eigenvalue weighted by molar-refractivity contribution is 7.20. The minimum absolute atomic E-state index is 0.555. The summed E-state index contributed by atoms with van der Waals surface area (Å²) in [4.78, 5) is 5.65. The van der Waals surface area contributed by atoms with Crippen LogP contribution < -0.4 is 15.8 Å². The van der Waals surface area contributed by atoms with Gasteiger partial charge in [0.05, 0.1) is 5.69 Å². The normalized spacial score (nSPS) is 13.0. The van der Waals surface area contributed by atoms with Gasteiger partial charge in [0.1, 0.15) is 0 Å². The van der Waals surface area contributed by atoms with Crippen molar-refractivity contribution in [2.24, 2.45) is 0 Å². The summed E-state index contributed by atoms with van der Waals surface area (Å²) in [6, 6.07) is 16.0. The van der Waals surface area contributed by atoms with E-state index in [0.29, 0.717) is 6.61 Å². The summed E-state index contributed by atoms with van der Waals surface area (Å²) >= 11 is 1.59. The van der Waals surface area contributed by atoms with Gasteiger partial charge >= 0.3 is 7.12 Å². The maximum Gasteiger partial charge on any atom is 0.491 e. The lowest BCUT2D eigenvalue weighted by molar-refractivity contribution is 0.266. The van der Waals surface area contributed by atoms with Crippen LogP contribution in [-0.4, -0.2) is 18.7 Å². The summed E-state index contributed by atoms with van der Waals surface area (Å²) in [5.41, 5.74) is 5.65. The molecule has 6 heteroatoms. The number of nitrogens with one attached hydrogen (secondary N) is 1. The van der Waals surface area contributed by atoms with Crippen LogP contribution in [0.3, 0.4) is 0 Å². The Labute approximate surface area is 146 Å². The minimum Gasteiger partial charge on any atom is -0.423 e. The SMILES string of the molecule is CC.OB1OCCc2ccc(NOc3cc4ccccc4s3)cc21. The monoisotopic (exact) mass is 341 g/mol. The fourth-order valence-corrected chi connectivity index (χ4v) is 3.48. The third-order valence-electron chi connectivity index (χ3n) is 3.73. The molecule has 2 heterocycles. The molecule has 1 aliphatic rings. The Bertz CT molecular complexity index is 788. The lowest BCUT2D eigenvalue weighted by Crippen LogP contribution is -2.41. The van der Waals surface area contributed by atoms with Gasteiger partial charge in [-0.3, -0.25) is 0 Å². The molecular formula is C18H20BNO3S. The van der Waals surface area contributed by atoms with Crippen molar-refractivity contribution in [3.05, 3.63) is 54.1 Å². The molecule has 0 saturated carbocycles.